The maximum Gasteiger partial charge on any atom is 0.417 e. The third-order valence-corrected chi connectivity index (χ3v) is 2.72. The van der Waals surface area contributed by atoms with Crippen LogP contribution in [0, 0.1) is 5.92 Å². The lowest BCUT2D eigenvalue weighted by atomic mass is 10.1. The number of aromatic nitrogens is 3. The maximum absolute atomic E-state index is 12.5. The largest absolute Gasteiger partial charge is 0.417 e. The average molecular weight is 258 g/mol. The molecule has 2 aromatic rings. The number of nitrogens with zero attached hydrogens (tertiary/aromatic N) is 2. The van der Waals surface area contributed by atoms with E-state index in [1.807, 2.05) is 13.8 Å². The van der Waals surface area contributed by atoms with Crippen molar-refractivity contribution in [2.75, 3.05) is 0 Å². The second-order valence-corrected chi connectivity index (χ2v) is 4.48. The summed E-state index contributed by atoms with van der Waals surface area (Å²) in [5.74, 6) is 0.583. The van der Waals surface area contributed by atoms with Gasteiger partial charge in [-0.15, -0.1) is 0 Å². The first-order valence-corrected chi connectivity index (χ1v) is 5.47. The van der Waals surface area contributed by atoms with E-state index in [1.165, 1.54) is 0 Å². The maximum atomic E-state index is 12.5. The summed E-state index contributed by atoms with van der Waals surface area (Å²) in [7, 11) is 0. The van der Waals surface area contributed by atoms with Crippen LogP contribution < -0.4 is 5.73 Å². The molecular weight excluding hydrogens is 245 g/mol. The summed E-state index contributed by atoms with van der Waals surface area (Å²) in [5, 5.41) is 0. The van der Waals surface area contributed by atoms with E-state index in [4.69, 9.17) is 5.73 Å². The molecular formula is C11H13F3N4. The first kappa shape index (κ1) is 12.8. The van der Waals surface area contributed by atoms with E-state index in [-0.39, 0.29) is 23.1 Å². The highest BCUT2D eigenvalue weighted by molar-refractivity contribution is 5.71. The lowest BCUT2D eigenvalue weighted by Gasteiger charge is -2.11. The highest BCUT2D eigenvalue weighted by Gasteiger charge is 2.31. The Labute approximate surface area is 101 Å². The molecule has 4 nitrogen and oxygen atoms in total. The molecule has 2 heterocycles. The zero-order valence-electron chi connectivity index (χ0n) is 9.92. The number of rotatable bonds is 2. The zero-order chi connectivity index (χ0) is 13.5. The Morgan fingerprint density at radius 3 is 2.56 bits per heavy atom. The topological polar surface area (TPSA) is 67.6 Å². The van der Waals surface area contributed by atoms with Gasteiger partial charge in [-0.3, -0.25) is 0 Å². The number of aromatic amines is 1. The van der Waals surface area contributed by atoms with Crippen molar-refractivity contribution >= 4 is 11.2 Å². The molecule has 2 aromatic heterocycles. The fourth-order valence-electron chi connectivity index (χ4n) is 1.55. The Balaban J connectivity index is 2.46. The monoisotopic (exact) mass is 258 g/mol. The molecule has 2 rings (SSSR count). The third kappa shape index (κ3) is 2.31. The van der Waals surface area contributed by atoms with Gasteiger partial charge in [0.15, 0.2) is 5.65 Å². The van der Waals surface area contributed by atoms with Gasteiger partial charge in [0, 0.05) is 6.20 Å². The Kier molecular flexibility index (Phi) is 3.02. The Bertz CT molecular complexity index is 559. The molecule has 3 N–H and O–H groups in total. The minimum absolute atomic E-state index is 0.132. The summed E-state index contributed by atoms with van der Waals surface area (Å²) in [6.45, 7) is 3.82. The number of pyridine rings is 1. The van der Waals surface area contributed by atoms with Gasteiger partial charge in [0.25, 0.3) is 0 Å². The number of alkyl halides is 3. The van der Waals surface area contributed by atoms with E-state index < -0.39 is 11.7 Å². The van der Waals surface area contributed by atoms with Crippen LogP contribution in [0.5, 0.6) is 0 Å². The lowest BCUT2D eigenvalue weighted by molar-refractivity contribution is -0.137. The number of fused-ring (bicyclic) bond motifs is 1. The summed E-state index contributed by atoms with van der Waals surface area (Å²) in [6, 6.07) is 0.639. The van der Waals surface area contributed by atoms with Crippen LogP contribution in [0.3, 0.4) is 0 Å². The number of nitrogens with two attached hydrogens (primary N) is 1. The number of H-pyrrole nitrogens is 1. The van der Waals surface area contributed by atoms with Crippen molar-refractivity contribution in [1.82, 2.24) is 15.0 Å². The number of hydrogen-bond acceptors (Lipinski definition) is 3. The van der Waals surface area contributed by atoms with Gasteiger partial charge in [-0.25, -0.2) is 9.97 Å². The van der Waals surface area contributed by atoms with E-state index in [0.29, 0.717) is 5.82 Å². The van der Waals surface area contributed by atoms with Crippen molar-refractivity contribution in [3.8, 4) is 0 Å². The van der Waals surface area contributed by atoms with E-state index >= 15 is 0 Å². The van der Waals surface area contributed by atoms with E-state index in [9.17, 15) is 13.2 Å². The SMILES string of the molecule is CC(C)C(N)c1nc2ncc(C(F)(F)F)cc2[nH]1. The number of hydrogen-bond donors (Lipinski definition) is 2. The second kappa shape index (κ2) is 4.24. The van der Waals surface area contributed by atoms with Gasteiger partial charge in [0.05, 0.1) is 17.1 Å². The molecule has 0 saturated heterocycles. The predicted molar refractivity (Wildman–Crippen MR) is 60.7 cm³/mol. The molecule has 0 radical (unpaired) electrons. The van der Waals surface area contributed by atoms with Crippen LogP contribution >= 0.6 is 0 Å². The van der Waals surface area contributed by atoms with Crippen LogP contribution in [0.1, 0.15) is 31.3 Å². The number of nitrogens with one attached hydrogen (secondary N) is 1. The molecule has 0 aliphatic heterocycles. The van der Waals surface area contributed by atoms with Crippen LogP contribution in [-0.4, -0.2) is 15.0 Å². The van der Waals surface area contributed by atoms with Crippen molar-refractivity contribution in [2.45, 2.75) is 26.1 Å². The van der Waals surface area contributed by atoms with Crippen LogP contribution in [-0.2, 0) is 6.18 Å². The van der Waals surface area contributed by atoms with Gasteiger partial charge in [-0.05, 0) is 12.0 Å². The molecule has 7 heteroatoms. The molecule has 0 amide bonds. The van der Waals surface area contributed by atoms with Crippen molar-refractivity contribution in [3.05, 3.63) is 23.7 Å². The van der Waals surface area contributed by atoms with Gasteiger partial charge in [0.2, 0.25) is 0 Å². The standard InChI is InChI=1S/C11H13F3N4/c1-5(2)8(15)10-17-7-3-6(11(12,13)14)4-16-9(7)18-10/h3-5,8H,15H2,1-2H3,(H,16,17,18). The van der Waals surface area contributed by atoms with Gasteiger partial charge in [0.1, 0.15) is 5.82 Å². The first-order chi connectivity index (χ1) is 8.29. The van der Waals surface area contributed by atoms with Gasteiger partial charge < -0.3 is 10.7 Å². The smallest absolute Gasteiger partial charge is 0.339 e. The Morgan fingerprint density at radius 1 is 1.33 bits per heavy atom. The molecule has 0 aromatic carbocycles. The minimum Gasteiger partial charge on any atom is -0.339 e. The minimum atomic E-state index is -4.41. The van der Waals surface area contributed by atoms with E-state index in [2.05, 4.69) is 15.0 Å². The van der Waals surface area contributed by atoms with Crippen LogP contribution in [0.15, 0.2) is 12.3 Å². The summed E-state index contributed by atoms with van der Waals surface area (Å²) < 4.78 is 37.5. The Hall–Kier alpha value is -1.63. The summed E-state index contributed by atoms with van der Waals surface area (Å²) in [4.78, 5) is 10.6. The molecule has 0 aliphatic rings. The van der Waals surface area contributed by atoms with E-state index in [1.54, 1.807) is 0 Å². The molecule has 1 unspecified atom stereocenters. The van der Waals surface area contributed by atoms with Gasteiger partial charge in [-0.2, -0.15) is 13.2 Å². The predicted octanol–water partition coefficient (Wildman–Crippen LogP) is 2.63. The average Bonchev–Trinajstić information content (AvgIpc) is 2.68. The van der Waals surface area contributed by atoms with Crippen molar-refractivity contribution in [1.29, 1.82) is 0 Å². The molecule has 18 heavy (non-hydrogen) atoms. The van der Waals surface area contributed by atoms with Crippen molar-refractivity contribution in [3.63, 3.8) is 0 Å². The van der Waals surface area contributed by atoms with Crippen LogP contribution in [0.25, 0.3) is 11.2 Å². The fraction of sp³-hybridized carbons (Fsp3) is 0.455. The summed E-state index contributed by atoms with van der Waals surface area (Å²) in [6.07, 6.45) is -3.64. The van der Waals surface area contributed by atoms with Gasteiger partial charge >= 0.3 is 6.18 Å². The molecule has 98 valence electrons. The zero-order valence-corrected chi connectivity index (χ0v) is 9.92. The van der Waals surface area contributed by atoms with Crippen molar-refractivity contribution < 1.29 is 13.2 Å². The normalized spacial score (nSPS) is 14.4. The molecule has 0 aliphatic carbocycles. The highest BCUT2D eigenvalue weighted by Crippen LogP contribution is 2.30. The summed E-state index contributed by atoms with van der Waals surface area (Å²) in [5.41, 5.74) is 5.57. The Morgan fingerprint density at radius 2 is 2.00 bits per heavy atom. The molecule has 0 fully saturated rings. The fourth-order valence-corrected chi connectivity index (χ4v) is 1.55. The lowest BCUT2D eigenvalue weighted by Crippen LogP contribution is -2.18. The first-order valence-electron chi connectivity index (χ1n) is 5.47. The van der Waals surface area contributed by atoms with Crippen molar-refractivity contribution in [2.24, 2.45) is 11.7 Å². The third-order valence-electron chi connectivity index (χ3n) is 2.72. The molecule has 0 saturated carbocycles. The number of imidazole rings is 1. The van der Waals surface area contributed by atoms with E-state index in [0.717, 1.165) is 12.3 Å². The summed E-state index contributed by atoms with van der Waals surface area (Å²) >= 11 is 0. The molecule has 1 atom stereocenters. The quantitative estimate of drug-likeness (QED) is 0.870. The van der Waals surface area contributed by atoms with Gasteiger partial charge in [-0.1, -0.05) is 13.8 Å². The van der Waals surface area contributed by atoms with Crippen LogP contribution in [0.4, 0.5) is 13.2 Å². The highest BCUT2D eigenvalue weighted by atomic mass is 19.4. The second-order valence-electron chi connectivity index (χ2n) is 4.48. The molecule has 0 bridgehead atoms. The molecule has 0 spiro atoms. The number of halogens is 3. The van der Waals surface area contributed by atoms with Crippen LogP contribution in [0.2, 0.25) is 0 Å².